The average Bonchev–Trinajstić information content (AvgIpc) is 3.19. The number of fused-ring (bicyclic) bond motifs is 2. The number of benzene rings is 1. The van der Waals surface area contributed by atoms with Gasteiger partial charge in [0.25, 0.3) is 5.91 Å². The summed E-state index contributed by atoms with van der Waals surface area (Å²) in [5, 5.41) is 0. The first-order chi connectivity index (χ1) is 11.7. The number of nitrogens with zero attached hydrogens (tertiary/aromatic N) is 2. The first-order valence-corrected chi connectivity index (χ1v) is 8.19. The van der Waals surface area contributed by atoms with Gasteiger partial charge in [0.2, 0.25) is 6.79 Å². The summed E-state index contributed by atoms with van der Waals surface area (Å²) < 4.78 is 18.7. The molecule has 0 fully saturated rings. The third kappa shape index (κ3) is 2.73. The molecule has 2 aliphatic rings. The van der Waals surface area contributed by atoms with E-state index in [1.165, 1.54) is 0 Å². The normalized spacial score (nSPS) is 19.0. The van der Waals surface area contributed by atoms with Gasteiger partial charge in [0.05, 0.1) is 19.2 Å². The van der Waals surface area contributed by atoms with Gasteiger partial charge in [-0.2, -0.15) is 0 Å². The van der Waals surface area contributed by atoms with Crippen molar-refractivity contribution >= 4 is 5.91 Å². The Morgan fingerprint density at radius 2 is 2.12 bits per heavy atom. The molecule has 0 N–H and O–H groups in total. The van der Waals surface area contributed by atoms with E-state index in [0.29, 0.717) is 36.8 Å². The fourth-order valence-electron chi connectivity index (χ4n) is 3.26. The molecule has 2 aliphatic heterocycles. The molecule has 0 saturated carbocycles. The minimum Gasteiger partial charge on any atom is -0.454 e. The highest BCUT2D eigenvalue weighted by Gasteiger charge is 2.27. The van der Waals surface area contributed by atoms with E-state index < -0.39 is 0 Å². The lowest BCUT2D eigenvalue weighted by molar-refractivity contribution is 0.0258. The van der Waals surface area contributed by atoms with Crippen LogP contribution in [-0.4, -0.2) is 41.4 Å². The lowest BCUT2D eigenvalue weighted by atomic mass is 10.1. The molecule has 0 saturated heterocycles. The van der Waals surface area contributed by atoms with E-state index in [1.807, 2.05) is 30.2 Å². The molecule has 1 aromatic carbocycles. The summed E-state index contributed by atoms with van der Waals surface area (Å²) in [6, 6.07) is 9.39. The number of amides is 1. The Balaban J connectivity index is 1.60. The van der Waals surface area contributed by atoms with E-state index >= 15 is 0 Å². The minimum atomic E-state index is -0.0207. The minimum absolute atomic E-state index is 0.0124. The molecule has 0 bridgehead atoms. The lowest BCUT2D eigenvalue weighted by Gasteiger charge is -2.24. The van der Waals surface area contributed by atoms with Gasteiger partial charge in [0.1, 0.15) is 0 Å². The van der Waals surface area contributed by atoms with Gasteiger partial charge in [-0.05, 0) is 37.3 Å². The quantitative estimate of drug-likeness (QED) is 0.867. The van der Waals surface area contributed by atoms with E-state index in [4.69, 9.17) is 14.2 Å². The van der Waals surface area contributed by atoms with Crippen LogP contribution in [0.5, 0.6) is 11.5 Å². The fraction of sp³-hybridized carbons (Fsp3) is 0.389. The Kier molecular flexibility index (Phi) is 3.90. The molecular weight excluding hydrogens is 308 g/mol. The molecule has 1 aromatic heterocycles. The second-order valence-electron chi connectivity index (χ2n) is 5.98. The molecule has 2 aromatic rings. The monoisotopic (exact) mass is 328 g/mol. The number of hydrogen-bond acceptors (Lipinski definition) is 4. The fourth-order valence-corrected chi connectivity index (χ4v) is 3.26. The van der Waals surface area contributed by atoms with E-state index in [-0.39, 0.29) is 18.8 Å². The van der Waals surface area contributed by atoms with Gasteiger partial charge < -0.3 is 23.7 Å². The Morgan fingerprint density at radius 1 is 1.25 bits per heavy atom. The molecule has 0 unspecified atom stereocenters. The first kappa shape index (κ1) is 15.1. The second kappa shape index (κ2) is 6.20. The van der Waals surface area contributed by atoms with E-state index in [9.17, 15) is 4.79 Å². The van der Waals surface area contributed by atoms with Crippen LogP contribution >= 0.6 is 0 Å². The molecule has 6 heteroatoms. The maximum Gasteiger partial charge on any atom is 0.254 e. The van der Waals surface area contributed by atoms with Crippen molar-refractivity contribution in [2.45, 2.75) is 26.1 Å². The largest absolute Gasteiger partial charge is 0.454 e. The molecule has 4 rings (SSSR count). The van der Waals surface area contributed by atoms with Gasteiger partial charge in [-0.15, -0.1) is 0 Å². The summed E-state index contributed by atoms with van der Waals surface area (Å²) in [7, 11) is 0. The predicted octanol–water partition coefficient (Wildman–Crippen LogP) is 2.28. The molecule has 0 aliphatic carbocycles. The molecule has 24 heavy (non-hydrogen) atoms. The molecule has 126 valence electrons. The highest BCUT2D eigenvalue weighted by molar-refractivity contribution is 5.95. The van der Waals surface area contributed by atoms with Crippen LogP contribution in [0.2, 0.25) is 0 Å². The van der Waals surface area contributed by atoms with Crippen LogP contribution in [0.15, 0.2) is 36.5 Å². The molecule has 0 radical (unpaired) electrons. The van der Waals surface area contributed by atoms with Crippen LogP contribution in [0, 0.1) is 0 Å². The molecule has 0 spiro atoms. The number of aromatic nitrogens is 1. The van der Waals surface area contributed by atoms with Crippen LogP contribution in [0.25, 0.3) is 0 Å². The standard InChI is InChI=1S/C18H20N2O4/c1-2-22-15-10-19-7-3-4-14(19)9-20(11-15)18(21)13-5-6-16-17(8-13)24-12-23-16/h3-8,15H,2,9-12H2,1H3/t15-/m0/s1. The van der Waals surface area contributed by atoms with E-state index in [2.05, 4.69) is 4.57 Å². The third-order valence-electron chi connectivity index (χ3n) is 4.41. The Morgan fingerprint density at radius 3 is 3.00 bits per heavy atom. The molecule has 6 nitrogen and oxygen atoms in total. The van der Waals surface area contributed by atoms with Crippen molar-refractivity contribution in [3.05, 3.63) is 47.8 Å². The number of rotatable bonds is 3. The maximum absolute atomic E-state index is 13.0. The summed E-state index contributed by atoms with van der Waals surface area (Å²) >= 11 is 0. The van der Waals surface area contributed by atoms with Gasteiger partial charge in [-0.1, -0.05) is 0 Å². The molecule has 1 atom stereocenters. The van der Waals surface area contributed by atoms with Gasteiger partial charge in [0, 0.05) is 30.6 Å². The summed E-state index contributed by atoms with van der Waals surface area (Å²) in [6.45, 7) is 4.73. The van der Waals surface area contributed by atoms with Gasteiger partial charge in [-0.3, -0.25) is 4.79 Å². The summed E-state index contributed by atoms with van der Waals surface area (Å²) in [6.07, 6.45) is 2.03. The second-order valence-corrected chi connectivity index (χ2v) is 5.98. The third-order valence-corrected chi connectivity index (χ3v) is 4.41. The smallest absolute Gasteiger partial charge is 0.254 e. The van der Waals surface area contributed by atoms with Crippen molar-refractivity contribution in [3.8, 4) is 11.5 Å². The van der Waals surface area contributed by atoms with Crippen LogP contribution < -0.4 is 9.47 Å². The summed E-state index contributed by atoms with van der Waals surface area (Å²) in [5.41, 5.74) is 1.72. The van der Waals surface area contributed by atoms with Crippen molar-refractivity contribution in [3.63, 3.8) is 0 Å². The van der Waals surface area contributed by atoms with E-state index in [0.717, 1.165) is 12.2 Å². The summed E-state index contributed by atoms with van der Waals surface area (Å²) in [4.78, 5) is 14.8. The number of ether oxygens (including phenoxy) is 3. The SMILES string of the molecule is CCO[C@@H]1CN(C(=O)c2ccc3c(c2)OCO3)Cc2cccn2C1. The molecule has 1 amide bonds. The maximum atomic E-state index is 13.0. The van der Waals surface area contributed by atoms with E-state index in [1.54, 1.807) is 18.2 Å². The Bertz CT molecular complexity index is 755. The zero-order valence-corrected chi connectivity index (χ0v) is 13.6. The topological polar surface area (TPSA) is 52.9 Å². The lowest BCUT2D eigenvalue weighted by Crippen LogP contribution is -2.37. The predicted molar refractivity (Wildman–Crippen MR) is 87.2 cm³/mol. The van der Waals surface area contributed by atoms with Crippen LogP contribution in [0.4, 0.5) is 0 Å². The van der Waals surface area contributed by atoms with Crippen LogP contribution in [0.1, 0.15) is 23.0 Å². The van der Waals surface area contributed by atoms with Crippen LogP contribution in [-0.2, 0) is 17.8 Å². The number of hydrogen-bond donors (Lipinski definition) is 0. The van der Waals surface area contributed by atoms with Crippen LogP contribution in [0.3, 0.4) is 0 Å². The van der Waals surface area contributed by atoms with Crippen molar-refractivity contribution in [1.82, 2.24) is 9.47 Å². The Hall–Kier alpha value is -2.47. The number of carbonyl (C=O) groups excluding carboxylic acids is 1. The Labute approximate surface area is 140 Å². The van der Waals surface area contributed by atoms with Crippen molar-refractivity contribution in [1.29, 1.82) is 0 Å². The highest BCUT2D eigenvalue weighted by atomic mass is 16.7. The molecular formula is C18H20N2O4. The van der Waals surface area contributed by atoms with Gasteiger partial charge in [0.15, 0.2) is 11.5 Å². The zero-order chi connectivity index (χ0) is 16.5. The zero-order valence-electron chi connectivity index (χ0n) is 13.6. The van der Waals surface area contributed by atoms with Gasteiger partial charge in [-0.25, -0.2) is 0 Å². The summed E-state index contributed by atoms with van der Waals surface area (Å²) in [5.74, 6) is 1.29. The molecule has 3 heterocycles. The first-order valence-electron chi connectivity index (χ1n) is 8.19. The number of carbonyl (C=O) groups is 1. The highest BCUT2D eigenvalue weighted by Crippen LogP contribution is 2.33. The van der Waals surface area contributed by atoms with Crippen molar-refractivity contribution in [2.75, 3.05) is 19.9 Å². The average molecular weight is 328 g/mol. The van der Waals surface area contributed by atoms with Gasteiger partial charge >= 0.3 is 0 Å². The van der Waals surface area contributed by atoms with Crippen molar-refractivity contribution in [2.24, 2.45) is 0 Å². The van der Waals surface area contributed by atoms with Crippen molar-refractivity contribution < 1.29 is 19.0 Å².